The first kappa shape index (κ1) is 17.9. The van der Waals surface area contributed by atoms with Gasteiger partial charge in [-0.15, -0.1) is 10.2 Å². The van der Waals surface area contributed by atoms with E-state index in [1.807, 2.05) is 4.57 Å². The zero-order valence-electron chi connectivity index (χ0n) is 15.9. The van der Waals surface area contributed by atoms with Crippen LogP contribution in [0.15, 0.2) is 18.2 Å². The number of morpholine rings is 1. The van der Waals surface area contributed by atoms with Crippen LogP contribution in [0, 0.1) is 0 Å². The molecule has 0 unspecified atom stereocenters. The van der Waals surface area contributed by atoms with Gasteiger partial charge in [0.1, 0.15) is 13.2 Å². The molecule has 10 heteroatoms. The Bertz CT molecular complexity index is 952. The predicted octanol–water partition coefficient (Wildman–Crippen LogP) is 0.178. The zero-order valence-corrected chi connectivity index (χ0v) is 15.9. The molecule has 1 fully saturated rings. The first-order valence-corrected chi connectivity index (χ1v) is 9.69. The van der Waals surface area contributed by atoms with Crippen molar-refractivity contribution in [3.05, 3.63) is 35.4 Å². The Balaban J connectivity index is 1.35. The second-order valence-corrected chi connectivity index (χ2v) is 7.05. The number of aromatic nitrogens is 3. The van der Waals surface area contributed by atoms with Crippen LogP contribution in [-0.2, 0) is 17.8 Å². The van der Waals surface area contributed by atoms with Crippen LogP contribution in [0.3, 0.4) is 0 Å². The van der Waals surface area contributed by atoms with Gasteiger partial charge in [0.2, 0.25) is 5.82 Å². The minimum Gasteiger partial charge on any atom is -0.486 e. The molecule has 0 bridgehead atoms. The molecule has 1 saturated heterocycles. The molecule has 3 aliphatic rings. The third-order valence-corrected chi connectivity index (χ3v) is 5.33. The topological polar surface area (TPSA) is 99.0 Å². The highest BCUT2D eigenvalue weighted by Crippen LogP contribution is 2.34. The average molecular weight is 399 g/mol. The second-order valence-electron chi connectivity index (χ2n) is 7.05. The van der Waals surface area contributed by atoms with Gasteiger partial charge in [-0.05, 0) is 12.1 Å². The number of benzene rings is 1. The van der Waals surface area contributed by atoms with Gasteiger partial charge in [-0.25, -0.2) is 0 Å². The number of para-hydroxylation sites is 1. The number of carbonyl (C=O) groups excluding carboxylic acids is 2. The van der Waals surface area contributed by atoms with Crippen LogP contribution in [0.1, 0.15) is 26.8 Å². The van der Waals surface area contributed by atoms with Gasteiger partial charge >= 0.3 is 0 Å². The van der Waals surface area contributed by atoms with Gasteiger partial charge in [-0.2, -0.15) is 0 Å². The summed E-state index contributed by atoms with van der Waals surface area (Å²) in [7, 11) is 0. The van der Waals surface area contributed by atoms with Crippen LogP contribution in [-0.4, -0.2) is 82.4 Å². The van der Waals surface area contributed by atoms with E-state index in [2.05, 4.69) is 10.2 Å². The zero-order chi connectivity index (χ0) is 19.8. The number of amides is 2. The molecule has 29 heavy (non-hydrogen) atoms. The Kier molecular flexibility index (Phi) is 4.55. The summed E-state index contributed by atoms with van der Waals surface area (Å²) in [5.74, 6) is 1.70. The van der Waals surface area contributed by atoms with Crippen LogP contribution in [0.5, 0.6) is 11.5 Å². The van der Waals surface area contributed by atoms with E-state index in [0.29, 0.717) is 81.3 Å². The summed E-state index contributed by atoms with van der Waals surface area (Å²) in [5, 5.41) is 8.28. The third-order valence-electron chi connectivity index (χ3n) is 5.33. The lowest BCUT2D eigenvalue weighted by molar-refractivity contribution is 0.0289. The van der Waals surface area contributed by atoms with Crippen molar-refractivity contribution < 1.29 is 23.8 Å². The van der Waals surface area contributed by atoms with E-state index in [-0.39, 0.29) is 18.4 Å². The van der Waals surface area contributed by atoms with Crippen molar-refractivity contribution in [1.29, 1.82) is 0 Å². The van der Waals surface area contributed by atoms with Crippen LogP contribution in [0.25, 0.3) is 0 Å². The molecule has 0 spiro atoms. The van der Waals surface area contributed by atoms with Crippen molar-refractivity contribution in [3.63, 3.8) is 0 Å². The van der Waals surface area contributed by atoms with Gasteiger partial charge in [0, 0.05) is 26.2 Å². The minimum absolute atomic E-state index is 0.144. The van der Waals surface area contributed by atoms with Gasteiger partial charge in [0.15, 0.2) is 17.3 Å². The third kappa shape index (κ3) is 3.19. The summed E-state index contributed by atoms with van der Waals surface area (Å²) >= 11 is 0. The van der Waals surface area contributed by atoms with Crippen LogP contribution >= 0.6 is 0 Å². The molecule has 1 aromatic carbocycles. The molecule has 0 atom stereocenters. The fraction of sp³-hybridized carbons (Fsp3) is 0.474. The number of nitrogens with zero attached hydrogens (tertiary/aromatic N) is 5. The summed E-state index contributed by atoms with van der Waals surface area (Å²) in [6.45, 7) is 4.25. The van der Waals surface area contributed by atoms with Crippen molar-refractivity contribution in [2.45, 2.75) is 13.1 Å². The molecule has 0 saturated carbocycles. The summed E-state index contributed by atoms with van der Waals surface area (Å²) < 4.78 is 18.4. The number of fused-ring (bicyclic) bond motifs is 2. The molecule has 1 aromatic heterocycles. The number of ether oxygens (including phenoxy) is 3. The van der Waals surface area contributed by atoms with Gasteiger partial charge in [-0.1, -0.05) is 6.07 Å². The number of hydrogen-bond acceptors (Lipinski definition) is 7. The normalized spacial score (nSPS) is 18.3. The molecule has 0 radical (unpaired) electrons. The molecule has 0 N–H and O–H groups in total. The first-order chi connectivity index (χ1) is 14.2. The fourth-order valence-electron chi connectivity index (χ4n) is 3.81. The van der Waals surface area contributed by atoms with Crippen molar-refractivity contribution >= 4 is 11.8 Å². The van der Waals surface area contributed by atoms with E-state index in [1.54, 1.807) is 28.0 Å². The van der Waals surface area contributed by atoms with E-state index in [9.17, 15) is 9.59 Å². The highest BCUT2D eigenvalue weighted by Gasteiger charge is 2.31. The fourth-order valence-corrected chi connectivity index (χ4v) is 3.81. The maximum Gasteiger partial charge on any atom is 0.291 e. The Labute approximate surface area is 166 Å². The van der Waals surface area contributed by atoms with E-state index < -0.39 is 0 Å². The van der Waals surface area contributed by atoms with Crippen LogP contribution < -0.4 is 9.47 Å². The van der Waals surface area contributed by atoms with E-state index in [0.717, 1.165) is 0 Å². The summed E-state index contributed by atoms with van der Waals surface area (Å²) in [6.07, 6.45) is 0. The molecule has 0 aliphatic carbocycles. The monoisotopic (exact) mass is 399 g/mol. The molecule has 4 heterocycles. The predicted molar refractivity (Wildman–Crippen MR) is 98.9 cm³/mol. The first-order valence-electron chi connectivity index (χ1n) is 9.69. The lowest BCUT2D eigenvalue weighted by Gasteiger charge is -2.30. The largest absolute Gasteiger partial charge is 0.486 e. The number of hydrogen-bond donors (Lipinski definition) is 0. The quantitative estimate of drug-likeness (QED) is 0.710. The SMILES string of the molecule is O=C(c1cccc2c1OCCO2)N1CCn2c(nnc2C(=O)N2CCOCC2)C1. The Hall–Kier alpha value is -3.14. The highest BCUT2D eigenvalue weighted by molar-refractivity contribution is 5.98. The lowest BCUT2D eigenvalue weighted by Crippen LogP contribution is -2.43. The van der Waals surface area contributed by atoms with E-state index >= 15 is 0 Å². The summed E-state index contributed by atoms with van der Waals surface area (Å²) in [5.41, 5.74) is 0.472. The Morgan fingerprint density at radius 1 is 0.862 bits per heavy atom. The van der Waals surface area contributed by atoms with Gasteiger partial charge in [0.25, 0.3) is 11.8 Å². The maximum atomic E-state index is 13.1. The minimum atomic E-state index is -0.150. The highest BCUT2D eigenvalue weighted by atomic mass is 16.6. The smallest absolute Gasteiger partial charge is 0.291 e. The average Bonchev–Trinajstić information content (AvgIpc) is 3.21. The second kappa shape index (κ2) is 7.36. The van der Waals surface area contributed by atoms with E-state index in [1.165, 1.54) is 0 Å². The van der Waals surface area contributed by atoms with Crippen molar-refractivity contribution in [2.75, 3.05) is 46.1 Å². The summed E-state index contributed by atoms with van der Waals surface area (Å²) in [6, 6.07) is 5.32. The van der Waals surface area contributed by atoms with Crippen LogP contribution in [0.2, 0.25) is 0 Å². The molecule has 5 rings (SSSR count). The Morgan fingerprint density at radius 2 is 1.69 bits per heavy atom. The van der Waals surface area contributed by atoms with Crippen molar-refractivity contribution in [3.8, 4) is 11.5 Å². The molecular formula is C19H21N5O5. The molecule has 10 nitrogen and oxygen atoms in total. The molecule has 2 amide bonds. The summed E-state index contributed by atoms with van der Waals surface area (Å²) in [4.78, 5) is 29.3. The molecule has 2 aromatic rings. The standard InChI is InChI=1S/C19H21N5O5/c25-18(13-2-1-3-14-16(13)29-11-10-28-14)23-4-5-24-15(12-23)20-21-17(24)19(26)22-6-8-27-9-7-22/h1-3H,4-12H2. The molecule has 3 aliphatic heterocycles. The van der Waals surface area contributed by atoms with Crippen LogP contribution in [0.4, 0.5) is 0 Å². The molecular weight excluding hydrogens is 378 g/mol. The van der Waals surface area contributed by atoms with Crippen molar-refractivity contribution in [2.24, 2.45) is 0 Å². The van der Waals surface area contributed by atoms with Crippen molar-refractivity contribution in [1.82, 2.24) is 24.6 Å². The lowest BCUT2D eigenvalue weighted by atomic mass is 10.1. The van der Waals surface area contributed by atoms with Gasteiger partial charge in [-0.3, -0.25) is 9.59 Å². The number of carbonyl (C=O) groups is 2. The number of rotatable bonds is 2. The Morgan fingerprint density at radius 3 is 2.55 bits per heavy atom. The van der Waals surface area contributed by atoms with Gasteiger partial charge in [0.05, 0.1) is 25.3 Å². The molecule has 152 valence electrons. The van der Waals surface area contributed by atoms with E-state index in [4.69, 9.17) is 14.2 Å². The van der Waals surface area contributed by atoms with Gasteiger partial charge < -0.3 is 28.6 Å². The maximum absolute atomic E-state index is 13.1.